The Morgan fingerprint density at radius 2 is 2.00 bits per heavy atom. The standard InChI is InChI=1S/C10H19NO3/c1-3-10(9-11)14-6-4-5-13-8-7-12-2/h10H,3-8H2,1-2H3. The molecule has 1 atom stereocenters. The van der Waals surface area contributed by atoms with Gasteiger partial charge in [0.25, 0.3) is 0 Å². The molecule has 0 spiro atoms. The van der Waals surface area contributed by atoms with Crippen molar-refractivity contribution >= 4 is 0 Å². The predicted molar refractivity (Wildman–Crippen MR) is 53.0 cm³/mol. The summed E-state index contributed by atoms with van der Waals surface area (Å²) in [6.45, 7) is 4.41. The van der Waals surface area contributed by atoms with Crippen molar-refractivity contribution in [3.05, 3.63) is 0 Å². The molecule has 0 radical (unpaired) electrons. The van der Waals surface area contributed by atoms with E-state index in [1.165, 1.54) is 0 Å². The molecule has 4 heteroatoms. The van der Waals surface area contributed by atoms with Crippen LogP contribution >= 0.6 is 0 Å². The van der Waals surface area contributed by atoms with Gasteiger partial charge in [0, 0.05) is 13.7 Å². The highest BCUT2D eigenvalue weighted by atomic mass is 16.5. The van der Waals surface area contributed by atoms with Crippen LogP contribution in [0.15, 0.2) is 0 Å². The molecule has 0 aliphatic heterocycles. The van der Waals surface area contributed by atoms with Gasteiger partial charge in [0.1, 0.15) is 6.10 Å². The van der Waals surface area contributed by atoms with Gasteiger partial charge in [-0.05, 0) is 12.8 Å². The zero-order chi connectivity index (χ0) is 10.6. The average molecular weight is 201 g/mol. The molecular formula is C10H19NO3. The summed E-state index contributed by atoms with van der Waals surface area (Å²) in [7, 11) is 1.64. The van der Waals surface area contributed by atoms with Crippen LogP contribution in [0.3, 0.4) is 0 Å². The molecule has 0 saturated heterocycles. The SMILES string of the molecule is CCC(C#N)OCCCOCCOC. The lowest BCUT2D eigenvalue weighted by Crippen LogP contribution is -2.12. The Kier molecular flexibility index (Phi) is 9.98. The van der Waals surface area contributed by atoms with Gasteiger partial charge >= 0.3 is 0 Å². The van der Waals surface area contributed by atoms with Gasteiger partial charge in [-0.15, -0.1) is 0 Å². The fourth-order valence-electron chi connectivity index (χ4n) is 0.877. The van der Waals surface area contributed by atoms with Gasteiger partial charge in [-0.3, -0.25) is 0 Å². The van der Waals surface area contributed by atoms with E-state index in [2.05, 4.69) is 6.07 Å². The average Bonchev–Trinajstić information content (AvgIpc) is 2.22. The lowest BCUT2D eigenvalue weighted by Gasteiger charge is -2.08. The fourth-order valence-corrected chi connectivity index (χ4v) is 0.877. The molecule has 0 rings (SSSR count). The summed E-state index contributed by atoms with van der Waals surface area (Å²) < 4.78 is 15.3. The Hall–Kier alpha value is -0.630. The maximum Gasteiger partial charge on any atom is 0.143 e. The molecule has 1 unspecified atom stereocenters. The van der Waals surface area contributed by atoms with E-state index in [-0.39, 0.29) is 6.10 Å². The molecule has 0 aromatic rings. The Morgan fingerprint density at radius 3 is 2.57 bits per heavy atom. The summed E-state index contributed by atoms with van der Waals surface area (Å²) in [6.07, 6.45) is 1.29. The van der Waals surface area contributed by atoms with Gasteiger partial charge in [0.05, 0.1) is 25.9 Å². The van der Waals surface area contributed by atoms with E-state index in [9.17, 15) is 0 Å². The topological polar surface area (TPSA) is 51.5 Å². The second-order valence-electron chi connectivity index (χ2n) is 2.86. The number of methoxy groups -OCH3 is 1. The third-order valence-corrected chi connectivity index (χ3v) is 1.70. The van der Waals surface area contributed by atoms with Crippen molar-refractivity contribution in [2.75, 3.05) is 33.5 Å². The number of hydrogen-bond donors (Lipinski definition) is 0. The van der Waals surface area contributed by atoms with Crippen LogP contribution in [0.2, 0.25) is 0 Å². The number of hydrogen-bond acceptors (Lipinski definition) is 4. The van der Waals surface area contributed by atoms with Crippen molar-refractivity contribution in [1.82, 2.24) is 0 Å². The largest absolute Gasteiger partial charge is 0.382 e. The Labute approximate surface area is 85.8 Å². The molecule has 0 heterocycles. The first kappa shape index (κ1) is 13.4. The van der Waals surface area contributed by atoms with E-state index in [4.69, 9.17) is 19.5 Å². The lowest BCUT2D eigenvalue weighted by atomic mass is 10.3. The molecule has 0 fully saturated rings. The summed E-state index contributed by atoms with van der Waals surface area (Å²) >= 11 is 0. The quantitative estimate of drug-likeness (QED) is 0.528. The minimum absolute atomic E-state index is 0.269. The Bertz CT molecular complexity index is 156. The van der Waals surface area contributed by atoms with Crippen LogP contribution in [0.4, 0.5) is 0 Å². The van der Waals surface area contributed by atoms with Crippen molar-refractivity contribution in [1.29, 1.82) is 5.26 Å². The van der Waals surface area contributed by atoms with E-state index >= 15 is 0 Å². The monoisotopic (exact) mass is 201 g/mol. The van der Waals surface area contributed by atoms with E-state index in [0.717, 1.165) is 12.8 Å². The minimum atomic E-state index is -0.269. The third-order valence-electron chi connectivity index (χ3n) is 1.70. The highest BCUT2D eigenvalue weighted by molar-refractivity contribution is 4.82. The first-order valence-electron chi connectivity index (χ1n) is 4.93. The second-order valence-corrected chi connectivity index (χ2v) is 2.86. The van der Waals surface area contributed by atoms with Gasteiger partial charge in [0.15, 0.2) is 0 Å². The first-order chi connectivity index (χ1) is 6.85. The lowest BCUT2D eigenvalue weighted by molar-refractivity contribution is 0.0394. The third kappa shape index (κ3) is 7.99. The van der Waals surface area contributed by atoms with Crippen molar-refractivity contribution in [2.24, 2.45) is 0 Å². The number of nitriles is 1. The fraction of sp³-hybridized carbons (Fsp3) is 0.900. The highest BCUT2D eigenvalue weighted by Crippen LogP contribution is 1.96. The molecule has 0 bridgehead atoms. The zero-order valence-electron chi connectivity index (χ0n) is 8.99. The molecule has 0 aliphatic carbocycles. The molecule has 0 aliphatic rings. The smallest absolute Gasteiger partial charge is 0.143 e. The van der Waals surface area contributed by atoms with E-state index in [0.29, 0.717) is 26.4 Å². The zero-order valence-corrected chi connectivity index (χ0v) is 8.99. The van der Waals surface area contributed by atoms with E-state index in [1.807, 2.05) is 6.92 Å². The predicted octanol–water partition coefficient (Wildman–Crippen LogP) is 1.36. The number of nitrogens with zero attached hydrogens (tertiary/aromatic N) is 1. The van der Waals surface area contributed by atoms with Crippen molar-refractivity contribution in [2.45, 2.75) is 25.9 Å². The van der Waals surface area contributed by atoms with Crippen LogP contribution in [0.1, 0.15) is 19.8 Å². The number of ether oxygens (including phenoxy) is 3. The van der Waals surface area contributed by atoms with Gasteiger partial charge < -0.3 is 14.2 Å². The van der Waals surface area contributed by atoms with Crippen LogP contribution in [-0.4, -0.2) is 39.6 Å². The van der Waals surface area contributed by atoms with Crippen LogP contribution in [0.5, 0.6) is 0 Å². The minimum Gasteiger partial charge on any atom is -0.382 e. The van der Waals surface area contributed by atoms with Gasteiger partial charge in [0.2, 0.25) is 0 Å². The van der Waals surface area contributed by atoms with Crippen LogP contribution in [0.25, 0.3) is 0 Å². The normalized spacial score (nSPS) is 12.4. The van der Waals surface area contributed by atoms with E-state index < -0.39 is 0 Å². The molecule has 0 saturated carbocycles. The summed E-state index contributed by atoms with van der Waals surface area (Å²) in [5.41, 5.74) is 0. The van der Waals surface area contributed by atoms with Gasteiger partial charge in [-0.1, -0.05) is 6.92 Å². The summed E-state index contributed by atoms with van der Waals surface area (Å²) in [5, 5.41) is 8.58. The maximum absolute atomic E-state index is 8.58. The molecule has 4 nitrogen and oxygen atoms in total. The highest BCUT2D eigenvalue weighted by Gasteiger charge is 2.02. The molecule has 14 heavy (non-hydrogen) atoms. The summed E-state index contributed by atoms with van der Waals surface area (Å²) in [6, 6.07) is 2.08. The van der Waals surface area contributed by atoms with Gasteiger partial charge in [-0.25, -0.2) is 0 Å². The first-order valence-corrected chi connectivity index (χ1v) is 4.93. The number of rotatable bonds is 9. The van der Waals surface area contributed by atoms with Crippen LogP contribution in [-0.2, 0) is 14.2 Å². The maximum atomic E-state index is 8.58. The summed E-state index contributed by atoms with van der Waals surface area (Å²) in [4.78, 5) is 0. The molecule has 0 aromatic carbocycles. The molecule has 0 aromatic heterocycles. The molecule has 0 amide bonds. The molecule has 0 N–H and O–H groups in total. The van der Waals surface area contributed by atoms with Crippen LogP contribution in [0, 0.1) is 11.3 Å². The Morgan fingerprint density at radius 1 is 1.21 bits per heavy atom. The van der Waals surface area contributed by atoms with Crippen molar-refractivity contribution in [3.63, 3.8) is 0 Å². The van der Waals surface area contributed by atoms with E-state index in [1.54, 1.807) is 7.11 Å². The molecule has 82 valence electrons. The summed E-state index contributed by atoms with van der Waals surface area (Å²) in [5.74, 6) is 0. The van der Waals surface area contributed by atoms with Crippen molar-refractivity contribution < 1.29 is 14.2 Å². The molecular weight excluding hydrogens is 182 g/mol. The second kappa shape index (κ2) is 10.5. The Balaban J connectivity index is 3.09. The van der Waals surface area contributed by atoms with Crippen LogP contribution < -0.4 is 0 Å². The van der Waals surface area contributed by atoms with Crippen molar-refractivity contribution in [3.8, 4) is 6.07 Å². The van der Waals surface area contributed by atoms with Gasteiger partial charge in [-0.2, -0.15) is 5.26 Å².